The van der Waals surface area contributed by atoms with Crippen molar-refractivity contribution in [3.05, 3.63) is 76.7 Å². The summed E-state index contributed by atoms with van der Waals surface area (Å²) in [6.07, 6.45) is 1.60. The van der Waals surface area contributed by atoms with Gasteiger partial charge in [-0.2, -0.15) is 0 Å². The van der Waals surface area contributed by atoms with Crippen LogP contribution in [0.25, 0.3) is 16.7 Å². The summed E-state index contributed by atoms with van der Waals surface area (Å²) in [6.45, 7) is 6.27. The number of hydrogen-bond donors (Lipinski definition) is 1. The molecule has 4 rings (SSSR count). The van der Waals surface area contributed by atoms with Crippen molar-refractivity contribution in [3.63, 3.8) is 0 Å². The van der Waals surface area contributed by atoms with Gasteiger partial charge in [-0.3, -0.25) is 4.57 Å². The lowest BCUT2D eigenvalue weighted by Gasteiger charge is -2.09. The molecular formula is C21H19ClN4. The third kappa shape index (κ3) is 2.82. The molecule has 2 heterocycles. The van der Waals surface area contributed by atoms with E-state index in [4.69, 9.17) is 11.6 Å². The molecule has 2 aromatic heterocycles. The Morgan fingerprint density at radius 2 is 1.73 bits per heavy atom. The highest BCUT2D eigenvalue weighted by Gasteiger charge is 2.17. The molecule has 0 aliphatic rings. The number of nitrogens with zero attached hydrogens (tertiary/aromatic N) is 3. The lowest BCUT2D eigenvalue weighted by molar-refractivity contribution is 1.01. The van der Waals surface area contributed by atoms with E-state index in [2.05, 4.69) is 64.9 Å². The molecule has 4 aromatic rings. The number of halogens is 1. The average Bonchev–Trinajstić information content (AvgIpc) is 2.89. The predicted molar refractivity (Wildman–Crippen MR) is 108 cm³/mol. The molecular weight excluding hydrogens is 344 g/mol. The molecule has 2 aromatic carbocycles. The largest absolute Gasteiger partial charge is 0.340 e. The highest BCUT2D eigenvalue weighted by atomic mass is 35.5. The lowest BCUT2D eigenvalue weighted by Crippen LogP contribution is -1.99. The Morgan fingerprint density at radius 3 is 2.46 bits per heavy atom. The smallest absolute Gasteiger partial charge is 0.150 e. The second kappa shape index (κ2) is 6.46. The van der Waals surface area contributed by atoms with Crippen molar-refractivity contribution in [2.24, 2.45) is 0 Å². The summed E-state index contributed by atoms with van der Waals surface area (Å²) >= 11 is 6.20. The molecule has 0 radical (unpaired) electrons. The van der Waals surface area contributed by atoms with Gasteiger partial charge in [0.05, 0.1) is 5.39 Å². The molecule has 0 saturated heterocycles. The van der Waals surface area contributed by atoms with Crippen LogP contribution in [0.2, 0.25) is 5.02 Å². The highest BCUT2D eigenvalue weighted by Crippen LogP contribution is 2.33. The Bertz CT molecular complexity index is 1100. The second-order valence-electron chi connectivity index (χ2n) is 6.44. The van der Waals surface area contributed by atoms with E-state index in [9.17, 15) is 0 Å². The molecule has 5 heteroatoms. The van der Waals surface area contributed by atoms with Crippen molar-refractivity contribution < 1.29 is 0 Å². The average molecular weight is 363 g/mol. The summed E-state index contributed by atoms with van der Waals surface area (Å²) in [5.74, 6) is 0.806. The summed E-state index contributed by atoms with van der Waals surface area (Å²) in [5.41, 5.74) is 6.36. The number of fused-ring (bicyclic) bond motifs is 1. The normalized spacial score (nSPS) is 11.1. The van der Waals surface area contributed by atoms with Gasteiger partial charge in [0.1, 0.15) is 12.1 Å². The van der Waals surface area contributed by atoms with E-state index in [0.717, 1.165) is 39.5 Å². The maximum absolute atomic E-state index is 6.20. The topological polar surface area (TPSA) is 42.7 Å². The standard InChI is InChI=1S/C21H19ClN4/c1-13-7-9-17(10-8-13)25-20-19-14(2)15(3)26(21(19)24-12-23-20)18-6-4-5-16(22)11-18/h4-12H,1-3H3,(H,23,24,25). The first-order chi connectivity index (χ1) is 12.5. The highest BCUT2D eigenvalue weighted by molar-refractivity contribution is 6.30. The van der Waals surface area contributed by atoms with Gasteiger partial charge in [-0.05, 0) is 56.7 Å². The van der Waals surface area contributed by atoms with Gasteiger partial charge in [0, 0.05) is 22.1 Å². The molecule has 0 saturated carbocycles. The second-order valence-corrected chi connectivity index (χ2v) is 6.87. The van der Waals surface area contributed by atoms with Crippen molar-refractivity contribution in [2.45, 2.75) is 20.8 Å². The zero-order valence-electron chi connectivity index (χ0n) is 14.9. The number of benzene rings is 2. The molecule has 4 nitrogen and oxygen atoms in total. The minimum absolute atomic E-state index is 0.702. The fraction of sp³-hybridized carbons (Fsp3) is 0.143. The van der Waals surface area contributed by atoms with Crippen molar-refractivity contribution >= 4 is 34.1 Å². The first kappa shape index (κ1) is 16.6. The van der Waals surface area contributed by atoms with Gasteiger partial charge >= 0.3 is 0 Å². The molecule has 0 aliphatic carbocycles. The maximum Gasteiger partial charge on any atom is 0.150 e. The monoisotopic (exact) mass is 362 g/mol. The fourth-order valence-corrected chi connectivity index (χ4v) is 3.38. The zero-order valence-corrected chi connectivity index (χ0v) is 15.7. The number of rotatable bonds is 3. The Labute approximate surface area is 157 Å². The van der Waals surface area contributed by atoms with E-state index in [0.29, 0.717) is 5.02 Å². The van der Waals surface area contributed by atoms with E-state index in [1.54, 1.807) is 6.33 Å². The van der Waals surface area contributed by atoms with Gasteiger partial charge in [-0.25, -0.2) is 9.97 Å². The van der Waals surface area contributed by atoms with Gasteiger partial charge in [0.2, 0.25) is 0 Å². The van der Waals surface area contributed by atoms with Crippen LogP contribution >= 0.6 is 11.6 Å². The van der Waals surface area contributed by atoms with Gasteiger partial charge in [-0.1, -0.05) is 35.4 Å². The van der Waals surface area contributed by atoms with Crippen LogP contribution in [0.5, 0.6) is 0 Å². The van der Waals surface area contributed by atoms with Crippen LogP contribution in [0.15, 0.2) is 54.9 Å². The van der Waals surface area contributed by atoms with Crippen molar-refractivity contribution in [3.8, 4) is 5.69 Å². The lowest BCUT2D eigenvalue weighted by atomic mass is 10.2. The SMILES string of the molecule is Cc1ccc(Nc2ncnc3c2c(C)c(C)n3-c2cccc(Cl)c2)cc1. The van der Waals surface area contributed by atoms with E-state index in [1.807, 2.05) is 24.3 Å². The molecule has 0 fully saturated rings. The summed E-state index contributed by atoms with van der Waals surface area (Å²) in [6, 6.07) is 16.1. The molecule has 0 spiro atoms. The van der Waals surface area contributed by atoms with Gasteiger partial charge < -0.3 is 5.32 Å². The number of nitrogens with one attached hydrogen (secondary N) is 1. The van der Waals surface area contributed by atoms with Gasteiger partial charge in [-0.15, -0.1) is 0 Å². The Hall–Kier alpha value is -2.85. The minimum atomic E-state index is 0.702. The van der Waals surface area contributed by atoms with Crippen LogP contribution in [-0.2, 0) is 0 Å². The number of aryl methyl sites for hydroxylation is 2. The van der Waals surface area contributed by atoms with Crippen LogP contribution in [-0.4, -0.2) is 14.5 Å². The molecule has 0 atom stereocenters. The molecule has 0 aliphatic heterocycles. The van der Waals surface area contributed by atoms with Crippen LogP contribution in [0.3, 0.4) is 0 Å². The Kier molecular flexibility index (Phi) is 4.13. The summed E-state index contributed by atoms with van der Waals surface area (Å²) in [4.78, 5) is 9.04. The first-order valence-electron chi connectivity index (χ1n) is 8.47. The first-order valence-corrected chi connectivity index (χ1v) is 8.84. The summed E-state index contributed by atoms with van der Waals surface area (Å²) in [5, 5.41) is 5.15. The summed E-state index contributed by atoms with van der Waals surface area (Å²) in [7, 11) is 0. The number of hydrogen-bond acceptors (Lipinski definition) is 3. The number of anilines is 2. The Morgan fingerprint density at radius 1 is 0.962 bits per heavy atom. The quantitative estimate of drug-likeness (QED) is 0.505. The van der Waals surface area contributed by atoms with Gasteiger partial charge in [0.25, 0.3) is 0 Å². The van der Waals surface area contributed by atoms with Crippen LogP contribution in [0.1, 0.15) is 16.8 Å². The van der Waals surface area contributed by atoms with Crippen LogP contribution in [0, 0.1) is 20.8 Å². The third-order valence-corrected chi connectivity index (χ3v) is 4.91. The van der Waals surface area contributed by atoms with Crippen LogP contribution in [0.4, 0.5) is 11.5 Å². The molecule has 0 bridgehead atoms. The minimum Gasteiger partial charge on any atom is -0.340 e. The maximum atomic E-state index is 6.20. The molecule has 26 heavy (non-hydrogen) atoms. The van der Waals surface area contributed by atoms with Crippen molar-refractivity contribution in [1.29, 1.82) is 0 Å². The Balaban J connectivity index is 1.89. The fourth-order valence-electron chi connectivity index (χ4n) is 3.20. The zero-order chi connectivity index (χ0) is 18.3. The van der Waals surface area contributed by atoms with Crippen molar-refractivity contribution in [2.75, 3.05) is 5.32 Å². The third-order valence-electron chi connectivity index (χ3n) is 4.67. The van der Waals surface area contributed by atoms with Gasteiger partial charge in [0.15, 0.2) is 5.65 Å². The van der Waals surface area contributed by atoms with Crippen molar-refractivity contribution in [1.82, 2.24) is 14.5 Å². The molecule has 130 valence electrons. The van der Waals surface area contributed by atoms with E-state index < -0.39 is 0 Å². The van der Waals surface area contributed by atoms with E-state index in [1.165, 1.54) is 5.56 Å². The van der Waals surface area contributed by atoms with E-state index in [-0.39, 0.29) is 0 Å². The van der Waals surface area contributed by atoms with Crippen LogP contribution < -0.4 is 5.32 Å². The summed E-state index contributed by atoms with van der Waals surface area (Å²) < 4.78 is 2.12. The van der Waals surface area contributed by atoms with E-state index >= 15 is 0 Å². The number of aromatic nitrogens is 3. The predicted octanol–water partition coefficient (Wildman–Crippen LogP) is 5.74. The molecule has 0 amide bonds. The molecule has 0 unspecified atom stereocenters. The molecule has 1 N–H and O–H groups in total.